The minimum absolute atomic E-state index is 0.0931. The molecular weight excluding hydrogens is 302 g/mol. The lowest BCUT2D eigenvalue weighted by molar-refractivity contribution is -0.142. The SMILES string of the molecule is CCOC(=O)Cc1oc(-c2ccccc2)nc1Cc1ccccc1. The fraction of sp³-hybridized carbons (Fsp3) is 0.200. The number of benzene rings is 2. The van der Waals surface area contributed by atoms with E-state index in [0.29, 0.717) is 24.7 Å². The average Bonchev–Trinajstić information content (AvgIpc) is 2.99. The number of aromatic nitrogens is 1. The summed E-state index contributed by atoms with van der Waals surface area (Å²) in [6, 6.07) is 19.7. The van der Waals surface area contributed by atoms with Crippen LogP contribution in [0.25, 0.3) is 11.5 Å². The van der Waals surface area contributed by atoms with Crippen molar-refractivity contribution in [2.45, 2.75) is 19.8 Å². The Balaban J connectivity index is 1.92. The van der Waals surface area contributed by atoms with E-state index in [0.717, 1.165) is 16.8 Å². The number of ether oxygens (including phenoxy) is 1. The maximum Gasteiger partial charge on any atom is 0.313 e. The van der Waals surface area contributed by atoms with Crippen LogP contribution < -0.4 is 0 Å². The lowest BCUT2D eigenvalue weighted by Gasteiger charge is -2.02. The lowest BCUT2D eigenvalue weighted by Crippen LogP contribution is -2.08. The van der Waals surface area contributed by atoms with E-state index in [1.54, 1.807) is 6.92 Å². The molecule has 0 saturated carbocycles. The highest BCUT2D eigenvalue weighted by molar-refractivity contribution is 5.72. The number of carbonyl (C=O) groups excluding carboxylic acids is 1. The van der Waals surface area contributed by atoms with Crippen LogP contribution in [0.2, 0.25) is 0 Å². The summed E-state index contributed by atoms with van der Waals surface area (Å²) in [7, 11) is 0. The highest BCUT2D eigenvalue weighted by atomic mass is 16.5. The van der Waals surface area contributed by atoms with Crippen LogP contribution in [-0.2, 0) is 22.4 Å². The van der Waals surface area contributed by atoms with Crippen LogP contribution >= 0.6 is 0 Å². The second kappa shape index (κ2) is 7.59. The first kappa shape index (κ1) is 16.0. The van der Waals surface area contributed by atoms with Crippen molar-refractivity contribution in [1.82, 2.24) is 4.98 Å². The molecule has 2 aromatic carbocycles. The van der Waals surface area contributed by atoms with Crippen molar-refractivity contribution >= 4 is 5.97 Å². The number of rotatable bonds is 6. The van der Waals surface area contributed by atoms with Crippen LogP contribution in [-0.4, -0.2) is 17.6 Å². The smallest absolute Gasteiger partial charge is 0.313 e. The summed E-state index contributed by atoms with van der Waals surface area (Å²) in [4.78, 5) is 16.5. The topological polar surface area (TPSA) is 52.3 Å². The monoisotopic (exact) mass is 321 g/mol. The minimum atomic E-state index is -0.303. The average molecular weight is 321 g/mol. The first-order chi connectivity index (χ1) is 11.8. The van der Waals surface area contributed by atoms with Crippen LogP contribution in [0.4, 0.5) is 0 Å². The van der Waals surface area contributed by atoms with Crippen molar-refractivity contribution in [3.05, 3.63) is 77.7 Å². The van der Waals surface area contributed by atoms with Crippen LogP contribution in [0.3, 0.4) is 0 Å². The molecular formula is C20H19NO3. The molecule has 0 aliphatic carbocycles. The second-order valence-corrected chi connectivity index (χ2v) is 5.40. The zero-order valence-electron chi connectivity index (χ0n) is 13.6. The molecule has 4 heteroatoms. The predicted molar refractivity (Wildman–Crippen MR) is 91.5 cm³/mol. The summed E-state index contributed by atoms with van der Waals surface area (Å²) in [5.41, 5.74) is 2.78. The van der Waals surface area contributed by atoms with Crippen LogP contribution in [0.1, 0.15) is 23.9 Å². The number of esters is 1. The van der Waals surface area contributed by atoms with Gasteiger partial charge in [-0.3, -0.25) is 4.79 Å². The quantitative estimate of drug-likeness (QED) is 0.643. The third kappa shape index (κ3) is 3.90. The van der Waals surface area contributed by atoms with Crippen LogP contribution in [0.5, 0.6) is 0 Å². The fourth-order valence-electron chi connectivity index (χ4n) is 2.50. The van der Waals surface area contributed by atoms with Gasteiger partial charge in [0.1, 0.15) is 12.2 Å². The molecule has 0 saturated heterocycles. The number of hydrogen-bond acceptors (Lipinski definition) is 4. The highest BCUT2D eigenvalue weighted by Crippen LogP contribution is 2.24. The molecule has 3 aromatic rings. The fourth-order valence-corrected chi connectivity index (χ4v) is 2.50. The van der Waals surface area contributed by atoms with E-state index in [4.69, 9.17) is 9.15 Å². The number of nitrogens with zero attached hydrogens (tertiary/aromatic N) is 1. The van der Waals surface area contributed by atoms with E-state index in [1.165, 1.54) is 0 Å². The van der Waals surface area contributed by atoms with Gasteiger partial charge in [-0.15, -0.1) is 0 Å². The molecule has 122 valence electrons. The number of oxazole rings is 1. The van der Waals surface area contributed by atoms with E-state index >= 15 is 0 Å². The Kier molecular flexibility index (Phi) is 5.06. The Hall–Kier alpha value is -2.88. The van der Waals surface area contributed by atoms with Gasteiger partial charge < -0.3 is 9.15 Å². The molecule has 3 rings (SSSR count). The normalized spacial score (nSPS) is 10.5. The molecule has 0 spiro atoms. The molecule has 1 aromatic heterocycles. The van der Waals surface area contributed by atoms with Gasteiger partial charge in [-0.05, 0) is 24.6 Å². The largest absolute Gasteiger partial charge is 0.466 e. The molecule has 0 fully saturated rings. The van der Waals surface area contributed by atoms with Crippen LogP contribution in [0.15, 0.2) is 65.1 Å². The summed E-state index contributed by atoms with van der Waals surface area (Å²) >= 11 is 0. The van der Waals surface area contributed by atoms with Gasteiger partial charge >= 0.3 is 5.97 Å². The Morgan fingerprint density at radius 1 is 1.04 bits per heavy atom. The molecule has 0 bridgehead atoms. The summed E-state index contributed by atoms with van der Waals surface area (Å²) in [6.07, 6.45) is 0.710. The molecule has 1 heterocycles. The summed E-state index contributed by atoms with van der Waals surface area (Å²) in [6.45, 7) is 2.14. The predicted octanol–water partition coefficient (Wildman–Crippen LogP) is 4.04. The summed E-state index contributed by atoms with van der Waals surface area (Å²) < 4.78 is 10.9. The second-order valence-electron chi connectivity index (χ2n) is 5.40. The van der Waals surface area contributed by atoms with Crippen molar-refractivity contribution in [3.63, 3.8) is 0 Å². The Morgan fingerprint density at radius 3 is 2.38 bits per heavy atom. The molecule has 0 aliphatic heterocycles. The highest BCUT2D eigenvalue weighted by Gasteiger charge is 2.18. The standard InChI is InChI=1S/C20H19NO3/c1-2-23-19(22)14-18-17(13-15-9-5-3-6-10-15)21-20(24-18)16-11-7-4-8-12-16/h3-12H,2,13-14H2,1H3. The molecule has 0 N–H and O–H groups in total. The van der Waals surface area contributed by atoms with Gasteiger partial charge in [-0.25, -0.2) is 4.98 Å². The summed E-state index contributed by atoms with van der Waals surface area (Å²) in [5, 5.41) is 0. The zero-order valence-corrected chi connectivity index (χ0v) is 13.6. The molecule has 4 nitrogen and oxygen atoms in total. The van der Waals surface area contributed by atoms with E-state index in [-0.39, 0.29) is 12.4 Å². The van der Waals surface area contributed by atoms with Gasteiger partial charge in [-0.2, -0.15) is 0 Å². The Morgan fingerprint density at radius 2 is 1.71 bits per heavy atom. The Bertz CT molecular complexity index is 794. The van der Waals surface area contributed by atoms with E-state index < -0.39 is 0 Å². The van der Waals surface area contributed by atoms with Crippen molar-refractivity contribution in [2.75, 3.05) is 6.61 Å². The van der Waals surface area contributed by atoms with Gasteiger partial charge in [0.25, 0.3) is 0 Å². The van der Waals surface area contributed by atoms with E-state index in [9.17, 15) is 4.79 Å². The first-order valence-electron chi connectivity index (χ1n) is 8.00. The Labute approximate surface area is 141 Å². The first-order valence-corrected chi connectivity index (χ1v) is 8.00. The molecule has 0 unspecified atom stereocenters. The van der Waals surface area contributed by atoms with E-state index in [1.807, 2.05) is 60.7 Å². The summed E-state index contributed by atoms with van der Waals surface area (Å²) in [5.74, 6) is 0.791. The minimum Gasteiger partial charge on any atom is -0.466 e. The molecule has 0 atom stereocenters. The molecule has 24 heavy (non-hydrogen) atoms. The van der Waals surface area contributed by atoms with Gasteiger partial charge in [0.2, 0.25) is 5.89 Å². The molecule has 0 amide bonds. The molecule has 0 aliphatic rings. The lowest BCUT2D eigenvalue weighted by atomic mass is 10.1. The van der Waals surface area contributed by atoms with Gasteiger partial charge in [-0.1, -0.05) is 48.5 Å². The number of hydrogen-bond donors (Lipinski definition) is 0. The third-order valence-corrected chi connectivity index (χ3v) is 3.62. The maximum absolute atomic E-state index is 11.9. The van der Waals surface area contributed by atoms with Gasteiger partial charge in [0.05, 0.1) is 12.3 Å². The third-order valence-electron chi connectivity index (χ3n) is 3.62. The van der Waals surface area contributed by atoms with Crippen molar-refractivity contribution in [2.24, 2.45) is 0 Å². The molecule has 0 radical (unpaired) electrons. The van der Waals surface area contributed by atoms with Crippen molar-refractivity contribution in [3.8, 4) is 11.5 Å². The van der Waals surface area contributed by atoms with Crippen molar-refractivity contribution < 1.29 is 13.9 Å². The van der Waals surface area contributed by atoms with E-state index in [2.05, 4.69) is 4.98 Å². The number of carbonyl (C=O) groups is 1. The van der Waals surface area contributed by atoms with Crippen molar-refractivity contribution in [1.29, 1.82) is 0 Å². The maximum atomic E-state index is 11.9. The van der Waals surface area contributed by atoms with Gasteiger partial charge in [0.15, 0.2) is 0 Å². The zero-order chi connectivity index (χ0) is 16.8. The van der Waals surface area contributed by atoms with Gasteiger partial charge in [0, 0.05) is 12.0 Å². The van der Waals surface area contributed by atoms with Crippen LogP contribution in [0, 0.1) is 0 Å².